The van der Waals surface area contributed by atoms with E-state index < -0.39 is 0 Å². The fourth-order valence-electron chi connectivity index (χ4n) is 3.17. The Hall–Kier alpha value is -2.35. The number of aromatic nitrogens is 4. The topological polar surface area (TPSA) is 83.3 Å². The van der Waals surface area contributed by atoms with Crippen LogP contribution in [0, 0.1) is 6.92 Å². The lowest BCUT2D eigenvalue weighted by Crippen LogP contribution is -2.45. The molecule has 2 aromatic rings. The van der Waals surface area contributed by atoms with Crippen LogP contribution >= 0.6 is 11.6 Å². The van der Waals surface area contributed by atoms with E-state index in [1.54, 1.807) is 6.20 Å². The molecule has 0 aromatic carbocycles. The molecular weight excluding hydrogens is 364 g/mol. The monoisotopic (exact) mass is 388 g/mol. The first-order valence-corrected chi connectivity index (χ1v) is 9.76. The average molecular weight is 389 g/mol. The SMILES string of the molecule is Cc1nnc(CN=C(NC2CC2)NC2CCN(c3ncccc3Cl)C2)n1C. The van der Waals surface area contributed by atoms with Crippen LogP contribution in [0.15, 0.2) is 23.3 Å². The highest BCUT2D eigenvalue weighted by molar-refractivity contribution is 6.32. The molecule has 144 valence electrons. The van der Waals surface area contributed by atoms with Crippen molar-refractivity contribution >= 4 is 23.4 Å². The molecule has 2 aromatic heterocycles. The summed E-state index contributed by atoms with van der Waals surface area (Å²) in [6.45, 7) is 4.22. The van der Waals surface area contributed by atoms with E-state index >= 15 is 0 Å². The van der Waals surface area contributed by atoms with Crippen LogP contribution in [-0.4, -0.2) is 50.9 Å². The molecule has 2 N–H and O–H groups in total. The van der Waals surface area contributed by atoms with Gasteiger partial charge in [-0.05, 0) is 38.3 Å². The van der Waals surface area contributed by atoms with Crippen molar-refractivity contribution in [2.45, 2.75) is 44.8 Å². The Labute approximate surface area is 164 Å². The summed E-state index contributed by atoms with van der Waals surface area (Å²) in [7, 11) is 1.97. The summed E-state index contributed by atoms with van der Waals surface area (Å²) in [6.07, 6.45) is 5.20. The fraction of sp³-hybridized carbons (Fsp3) is 0.556. The summed E-state index contributed by atoms with van der Waals surface area (Å²) in [5, 5.41) is 16.1. The number of pyridine rings is 1. The van der Waals surface area contributed by atoms with Crippen LogP contribution in [0.3, 0.4) is 0 Å². The standard InChI is InChI=1S/C18H25ClN8/c1-12-24-25-16(26(12)2)10-21-18(22-13-5-6-13)23-14-7-9-27(11-14)17-15(19)4-3-8-20-17/h3-4,8,13-14H,5-7,9-11H2,1-2H3,(H2,21,22,23). The molecule has 0 radical (unpaired) electrons. The van der Waals surface area contributed by atoms with Crippen LogP contribution in [0.4, 0.5) is 5.82 Å². The zero-order chi connectivity index (χ0) is 18.8. The molecular formula is C18H25ClN8. The first kappa shape index (κ1) is 18.0. The molecule has 1 saturated heterocycles. The Morgan fingerprint density at radius 2 is 2.07 bits per heavy atom. The molecule has 8 nitrogen and oxygen atoms in total. The maximum atomic E-state index is 6.29. The van der Waals surface area contributed by atoms with Crippen LogP contribution < -0.4 is 15.5 Å². The maximum absolute atomic E-state index is 6.29. The second-order valence-corrected chi connectivity index (χ2v) is 7.60. The molecule has 4 rings (SSSR count). The van der Waals surface area contributed by atoms with Gasteiger partial charge >= 0.3 is 0 Å². The molecule has 2 aliphatic rings. The fourth-order valence-corrected chi connectivity index (χ4v) is 3.41. The van der Waals surface area contributed by atoms with E-state index in [1.807, 2.05) is 30.7 Å². The molecule has 1 saturated carbocycles. The van der Waals surface area contributed by atoms with Gasteiger partial charge in [0.05, 0.1) is 5.02 Å². The summed E-state index contributed by atoms with van der Waals surface area (Å²) in [4.78, 5) is 11.4. The first-order chi connectivity index (χ1) is 13.1. The third kappa shape index (κ3) is 4.32. The number of anilines is 1. The first-order valence-electron chi connectivity index (χ1n) is 9.38. The predicted octanol–water partition coefficient (Wildman–Crippen LogP) is 1.65. The highest BCUT2D eigenvalue weighted by Gasteiger charge is 2.28. The Balaban J connectivity index is 1.41. The van der Waals surface area contributed by atoms with E-state index in [2.05, 4.69) is 30.7 Å². The number of aliphatic imine (C=N–C) groups is 1. The van der Waals surface area contributed by atoms with Gasteiger partial charge in [-0.1, -0.05) is 11.6 Å². The van der Waals surface area contributed by atoms with E-state index in [0.717, 1.165) is 42.9 Å². The van der Waals surface area contributed by atoms with Crippen molar-refractivity contribution in [3.05, 3.63) is 35.0 Å². The molecule has 0 spiro atoms. The van der Waals surface area contributed by atoms with E-state index in [0.29, 0.717) is 23.7 Å². The lowest BCUT2D eigenvalue weighted by molar-refractivity contribution is 0.642. The molecule has 9 heteroatoms. The van der Waals surface area contributed by atoms with Gasteiger partial charge in [0.1, 0.15) is 18.2 Å². The van der Waals surface area contributed by atoms with E-state index in [9.17, 15) is 0 Å². The number of hydrogen-bond donors (Lipinski definition) is 2. The molecule has 1 aliphatic carbocycles. The van der Waals surface area contributed by atoms with Crippen LogP contribution in [0.2, 0.25) is 5.02 Å². The second kappa shape index (κ2) is 7.72. The molecule has 1 unspecified atom stereocenters. The van der Waals surface area contributed by atoms with Crippen LogP contribution in [0.25, 0.3) is 0 Å². The normalized spacial score (nSPS) is 20.2. The minimum absolute atomic E-state index is 0.300. The Morgan fingerprint density at radius 1 is 1.26 bits per heavy atom. The van der Waals surface area contributed by atoms with Crippen molar-refractivity contribution in [2.75, 3.05) is 18.0 Å². The van der Waals surface area contributed by atoms with Gasteiger partial charge in [0.25, 0.3) is 0 Å². The summed E-state index contributed by atoms with van der Waals surface area (Å²) >= 11 is 6.29. The van der Waals surface area contributed by atoms with Gasteiger partial charge in [0.15, 0.2) is 11.8 Å². The van der Waals surface area contributed by atoms with Crippen molar-refractivity contribution in [1.29, 1.82) is 0 Å². The number of guanidine groups is 1. The molecule has 3 heterocycles. The van der Waals surface area contributed by atoms with Crippen molar-refractivity contribution in [3.63, 3.8) is 0 Å². The summed E-state index contributed by atoms with van der Waals surface area (Å²) < 4.78 is 1.97. The van der Waals surface area contributed by atoms with Crippen molar-refractivity contribution < 1.29 is 0 Å². The lowest BCUT2D eigenvalue weighted by atomic mass is 10.3. The van der Waals surface area contributed by atoms with Gasteiger partial charge in [-0.25, -0.2) is 9.98 Å². The lowest BCUT2D eigenvalue weighted by Gasteiger charge is -2.20. The number of halogens is 1. The van der Waals surface area contributed by atoms with Gasteiger partial charge in [-0.2, -0.15) is 0 Å². The average Bonchev–Trinajstić information content (AvgIpc) is 3.26. The predicted molar refractivity (Wildman–Crippen MR) is 106 cm³/mol. The van der Waals surface area contributed by atoms with Gasteiger partial charge < -0.3 is 20.1 Å². The molecule has 2 fully saturated rings. The van der Waals surface area contributed by atoms with E-state index in [1.165, 1.54) is 12.8 Å². The third-order valence-corrected chi connectivity index (χ3v) is 5.34. The second-order valence-electron chi connectivity index (χ2n) is 7.19. The Kier molecular flexibility index (Phi) is 5.15. The summed E-state index contributed by atoms with van der Waals surface area (Å²) in [5.41, 5.74) is 0. The minimum atomic E-state index is 0.300. The van der Waals surface area contributed by atoms with Crippen LogP contribution in [0.5, 0.6) is 0 Å². The largest absolute Gasteiger partial charge is 0.354 e. The van der Waals surface area contributed by atoms with Crippen LogP contribution in [-0.2, 0) is 13.6 Å². The third-order valence-electron chi connectivity index (χ3n) is 5.05. The number of rotatable bonds is 5. The Bertz CT molecular complexity index is 829. The van der Waals surface area contributed by atoms with Gasteiger partial charge in [-0.3, -0.25) is 0 Å². The quantitative estimate of drug-likeness (QED) is 0.598. The Morgan fingerprint density at radius 3 is 2.78 bits per heavy atom. The highest BCUT2D eigenvalue weighted by atomic mass is 35.5. The number of hydrogen-bond acceptors (Lipinski definition) is 5. The smallest absolute Gasteiger partial charge is 0.192 e. The van der Waals surface area contributed by atoms with Gasteiger partial charge in [0, 0.05) is 38.4 Å². The number of nitrogens with one attached hydrogen (secondary N) is 2. The molecule has 1 atom stereocenters. The zero-order valence-corrected chi connectivity index (χ0v) is 16.4. The maximum Gasteiger partial charge on any atom is 0.192 e. The van der Waals surface area contributed by atoms with Crippen molar-refractivity contribution in [1.82, 2.24) is 30.4 Å². The minimum Gasteiger partial charge on any atom is -0.354 e. The number of nitrogens with zero attached hydrogens (tertiary/aromatic N) is 6. The summed E-state index contributed by atoms with van der Waals surface area (Å²) in [5.74, 6) is 3.45. The molecule has 1 aliphatic heterocycles. The summed E-state index contributed by atoms with van der Waals surface area (Å²) in [6, 6.07) is 4.57. The highest BCUT2D eigenvalue weighted by Crippen LogP contribution is 2.26. The van der Waals surface area contributed by atoms with Crippen molar-refractivity contribution in [2.24, 2.45) is 12.0 Å². The number of aryl methyl sites for hydroxylation is 1. The van der Waals surface area contributed by atoms with E-state index in [-0.39, 0.29) is 0 Å². The zero-order valence-electron chi connectivity index (χ0n) is 15.7. The van der Waals surface area contributed by atoms with Gasteiger partial charge in [0.2, 0.25) is 0 Å². The van der Waals surface area contributed by atoms with Crippen molar-refractivity contribution in [3.8, 4) is 0 Å². The molecule has 27 heavy (non-hydrogen) atoms. The van der Waals surface area contributed by atoms with Crippen LogP contribution in [0.1, 0.15) is 30.9 Å². The van der Waals surface area contributed by atoms with Gasteiger partial charge in [-0.15, -0.1) is 10.2 Å². The molecule has 0 amide bonds. The molecule has 0 bridgehead atoms. The van der Waals surface area contributed by atoms with E-state index in [4.69, 9.17) is 16.6 Å².